The van der Waals surface area contributed by atoms with Gasteiger partial charge in [-0.25, -0.2) is 0 Å². The predicted molar refractivity (Wildman–Crippen MR) is 122 cm³/mol. The van der Waals surface area contributed by atoms with Gasteiger partial charge in [-0.2, -0.15) is 0 Å². The Balaban J connectivity index is 1.65. The van der Waals surface area contributed by atoms with Gasteiger partial charge in [0.1, 0.15) is 0 Å². The molecule has 168 valence electrons. The molecule has 0 saturated heterocycles. The van der Waals surface area contributed by atoms with Crippen molar-refractivity contribution in [1.29, 1.82) is 0 Å². The SMILES string of the molecule is C=C1CC[C@H]2[C@](C)(CCC[C@]2(C)C(=O)NCCCCCC[NH3+])[C@H]1CCc1ccoc1. The van der Waals surface area contributed by atoms with Gasteiger partial charge in [-0.1, -0.05) is 38.8 Å². The zero-order valence-corrected chi connectivity index (χ0v) is 19.3. The van der Waals surface area contributed by atoms with E-state index in [9.17, 15) is 4.79 Å². The third-order valence-corrected chi connectivity index (χ3v) is 8.30. The lowest BCUT2D eigenvalue weighted by Gasteiger charge is -2.58. The van der Waals surface area contributed by atoms with Crippen molar-refractivity contribution in [3.8, 4) is 0 Å². The Labute approximate surface area is 183 Å². The number of rotatable bonds is 10. The first-order chi connectivity index (χ1) is 14.4. The van der Waals surface area contributed by atoms with E-state index in [4.69, 9.17) is 4.42 Å². The molecule has 0 spiro atoms. The van der Waals surface area contributed by atoms with Gasteiger partial charge in [0.2, 0.25) is 5.91 Å². The van der Waals surface area contributed by atoms with Crippen molar-refractivity contribution in [2.24, 2.45) is 22.7 Å². The average Bonchev–Trinajstić information content (AvgIpc) is 3.23. The molecule has 2 aliphatic rings. The normalized spacial score (nSPS) is 31.4. The van der Waals surface area contributed by atoms with E-state index in [0.717, 1.165) is 58.0 Å². The Kier molecular flexibility index (Phi) is 7.84. The number of nitrogens with one attached hydrogen (secondary N) is 1. The molecule has 1 aromatic rings. The molecule has 1 heterocycles. The highest BCUT2D eigenvalue weighted by atomic mass is 16.3. The van der Waals surface area contributed by atoms with Crippen LogP contribution >= 0.6 is 0 Å². The Hall–Kier alpha value is -1.55. The Morgan fingerprint density at radius 3 is 2.80 bits per heavy atom. The van der Waals surface area contributed by atoms with E-state index in [0.29, 0.717) is 11.8 Å². The van der Waals surface area contributed by atoms with Crippen LogP contribution in [0.5, 0.6) is 0 Å². The first kappa shape index (κ1) is 23.1. The molecule has 1 aromatic heterocycles. The van der Waals surface area contributed by atoms with Gasteiger partial charge in [-0.05, 0) is 86.7 Å². The van der Waals surface area contributed by atoms with E-state index >= 15 is 0 Å². The zero-order chi connectivity index (χ0) is 21.6. The standard InChI is InChI=1S/C26H42N2O2/c1-20-9-12-23-25(2,22(20)11-10-21-13-18-30-19-21)14-8-15-26(23,3)24(29)28-17-7-5-4-6-16-27/h13,18-19,22-23H,1,4-12,14-17,27H2,2-3H3,(H,28,29)/p+1/t22-,23-,25+,26-/m0/s1. The second kappa shape index (κ2) is 10.2. The highest BCUT2D eigenvalue weighted by Gasteiger charge is 2.56. The zero-order valence-electron chi connectivity index (χ0n) is 19.3. The smallest absolute Gasteiger partial charge is 0.226 e. The maximum Gasteiger partial charge on any atom is 0.226 e. The van der Waals surface area contributed by atoms with Gasteiger partial charge in [0.25, 0.3) is 0 Å². The van der Waals surface area contributed by atoms with E-state index < -0.39 is 0 Å². The summed E-state index contributed by atoms with van der Waals surface area (Å²) in [5.41, 5.74) is 6.48. The highest BCUT2D eigenvalue weighted by Crippen LogP contribution is 2.61. The van der Waals surface area contributed by atoms with E-state index in [-0.39, 0.29) is 16.7 Å². The van der Waals surface area contributed by atoms with Gasteiger partial charge in [-0.3, -0.25) is 4.79 Å². The summed E-state index contributed by atoms with van der Waals surface area (Å²) in [6, 6.07) is 2.07. The third-order valence-electron chi connectivity index (χ3n) is 8.30. The summed E-state index contributed by atoms with van der Waals surface area (Å²) >= 11 is 0. The fourth-order valence-corrected chi connectivity index (χ4v) is 6.56. The molecule has 2 fully saturated rings. The highest BCUT2D eigenvalue weighted by molar-refractivity contribution is 5.83. The molecule has 4 nitrogen and oxygen atoms in total. The molecule has 2 saturated carbocycles. The summed E-state index contributed by atoms with van der Waals surface area (Å²) in [5, 5.41) is 3.31. The van der Waals surface area contributed by atoms with Crippen LogP contribution in [0.3, 0.4) is 0 Å². The molecular weight excluding hydrogens is 372 g/mol. The van der Waals surface area contributed by atoms with Gasteiger partial charge < -0.3 is 15.5 Å². The van der Waals surface area contributed by atoms with Crippen LogP contribution < -0.4 is 11.1 Å². The number of allylic oxidation sites excluding steroid dienone is 1. The topological polar surface area (TPSA) is 69.9 Å². The summed E-state index contributed by atoms with van der Waals surface area (Å²) in [6.07, 6.45) is 15.9. The molecule has 4 N–H and O–H groups in total. The van der Waals surface area contributed by atoms with Crippen LogP contribution in [-0.2, 0) is 11.2 Å². The lowest BCUT2D eigenvalue weighted by Crippen LogP contribution is -2.56. The van der Waals surface area contributed by atoms with E-state index in [2.05, 4.69) is 37.5 Å². The Bertz CT molecular complexity index is 698. The van der Waals surface area contributed by atoms with Crippen molar-refractivity contribution < 1.29 is 14.9 Å². The quantitative estimate of drug-likeness (QED) is 0.421. The minimum atomic E-state index is -0.255. The van der Waals surface area contributed by atoms with Gasteiger partial charge >= 0.3 is 0 Å². The summed E-state index contributed by atoms with van der Waals surface area (Å²) in [6.45, 7) is 11.0. The molecule has 4 atom stereocenters. The Morgan fingerprint density at radius 1 is 1.27 bits per heavy atom. The van der Waals surface area contributed by atoms with Crippen molar-refractivity contribution in [3.63, 3.8) is 0 Å². The van der Waals surface area contributed by atoms with Crippen molar-refractivity contribution in [1.82, 2.24) is 5.32 Å². The molecule has 4 heteroatoms. The first-order valence-electron chi connectivity index (χ1n) is 12.2. The van der Waals surface area contributed by atoms with Crippen molar-refractivity contribution >= 4 is 5.91 Å². The number of fused-ring (bicyclic) bond motifs is 1. The number of carbonyl (C=O) groups is 1. The fraction of sp³-hybridized carbons (Fsp3) is 0.731. The second-order valence-electron chi connectivity index (χ2n) is 10.3. The van der Waals surface area contributed by atoms with Crippen molar-refractivity contribution in [2.75, 3.05) is 13.1 Å². The van der Waals surface area contributed by atoms with Crippen LogP contribution in [0.15, 0.2) is 35.2 Å². The minimum absolute atomic E-state index is 0.164. The predicted octanol–water partition coefficient (Wildman–Crippen LogP) is 4.91. The lowest BCUT2D eigenvalue weighted by atomic mass is 9.46. The summed E-state index contributed by atoms with van der Waals surface area (Å²) in [5.74, 6) is 1.21. The maximum absolute atomic E-state index is 13.4. The monoisotopic (exact) mass is 415 g/mol. The summed E-state index contributed by atoms with van der Waals surface area (Å²) in [4.78, 5) is 13.4. The molecule has 0 bridgehead atoms. The number of amides is 1. The number of hydrogen-bond donors (Lipinski definition) is 2. The molecule has 0 aromatic carbocycles. The lowest BCUT2D eigenvalue weighted by molar-refractivity contribution is -0.368. The van der Waals surface area contributed by atoms with Crippen LogP contribution in [0.25, 0.3) is 0 Å². The van der Waals surface area contributed by atoms with Crippen LogP contribution in [0.4, 0.5) is 0 Å². The third kappa shape index (κ3) is 4.85. The number of quaternary nitrogens is 1. The molecule has 3 rings (SSSR count). The van der Waals surface area contributed by atoms with Crippen LogP contribution in [0, 0.1) is 22.7 Å². The molecule has 30 heavy (non-hydrogen) atoms. The minimum Gasteiger partial charge on any atom is -0.472 e. The van der Waals surface area contributed by atoms with Crippen molar-refractivity contribution in [3.05, 3.63) is 36.3 Å². The number of furan rings is 1. The van der Waals surface area contributed by atoms with E-state index in [1.807, 2.05) is 6.26 Å². The molecule has 2 aliphatic carbocycles. The van der Waals surface area contributed by atoms with Crippen molar-refractivity contribution in [2.45, 2.75) is 84.5 Å². The number of carbonyl (C=O) groups excluding carboxylic acids is 1. The Morgan fingerprint density at radius 2 is 2.07 bits per heavy atom. The largest absolute Gasteiger partial charge is 0.472 e. The second-order valence-corrected chi connectivity index (χ2v) is 10.3. The summed E-state index contributed by atoms with van der Waals surface area (Å²) < 4.78 is 5.27. The number of unbranched alkanes of at least 4 members (excludes halogenated alkanes) is 3. The average molecular weight is 416 g/mol. The van der Waals surface area contributed by atoms with Crippen LogP contribution in [0.2, 0.25) is 0 Å². The van der Waals surface area contributed by atoms with E-state index in [1.165, 1.54) is 36.8 Å². The van der Waals surface area contributed by atoms with Crippen LogP contribution in [-0.4, -0.2) is 19.0 Å². The molecule has 0 unspecified atom stereocenters. The maximum atomic E-state index is 13.4. The molecule has 0 aliphatic heterocycles. The number of hydrogen-bond acceptors (Lipinski definition) is 2. The molecule has 1 amide bonds. The molecular formula is C26H43N2O2+. The fourth-order valence-electron chi connectivity index (χ4n) is 6.56. The molecule has 0 radical (unpaired) electrons. The van der Waals surface area contributed by atoms with Gasteiger partial charge in [0, 0.05) is 12.0 Å². The van der Waals surface area contributed by atoms with Gasteiger partial charge in [0.15, 0.2) is 0 Å². The number of aryl methyl sites for hydroxylation is 1. The van der Waals surface area contributed by atoms with Gasteiger partial charge in [-0.15, -0.1) is 0 Å². The van der Waals surface area contributed by atoms with Crippen LogP contribution in [0.1, 0.15) is 83.6 Å². The van der Waals surface area contributed by atoms with E-state index in [1.54, 1.807) is 6.26 Å². The first-order valence-corrected chi connectivity index (χ1v) is 12.2. The van der Waals surface area contributed by atoms with Gasteiger partial charge in [0.05, 0.1) is 19.1 Å². The summed E-state index contributed by atoms with van der Waals surface area (Å²) in [7, 11) is 0.